The van der Waals surface area contributed by atoms with Crippen LogP contribution >= 0.6 is 11.6 Å². The van der Waals surface area contributed by atoms with Gasteiger partial charge in [-0.25, -0.2) is 9.59 Å². The molecule has 0 radical (unpaired) electrons. The summed E-state index contributed by atoms with van der Waals surface area (Å²) in [5, 5.41) is 0.609. The van der Waals surface area contributed by atoms with E-state index in [9.17, 15) is 9.59 Å². The van der Waals surface area contributed by atoms with Crippen molar-refractivity contribution < 1.29 is 19.1 Å². The van der Waals surface area contributed by atoms with Gasteiger partial charge < -0.3 is 9.47 Å². The first-order valence-electron chi connectivity index (χ1n) is 7.21. The van der Waals surface area contributed by atoms with Crippen LogP contribution in [0.15, 0.2) is 18.2 Å². The summed E-state index contributed by atoms with van der Waals surface area (Å²) in [5.74, 6) is -0.219. The smallest absolute Gasteiger partial charge is 0.410 e. The molecule has 1 atom stereocenters. The van der Waals surface area contributed by atoms with E-state index in [1.54, 1.807) is 6.07 Å². The molecule has 1 aromatic rings. The quantitative estimate of drug-likeness (QED) is 0.802. The molecule has 1 amide bonds. The zero-order valence-electron chi connectivity index (χ0n) is 13.0. The van der Waals surface area contributed by atoms with Gasteiger partial charge in [-0.1, -0.05) is 31.5 Å². The lowest BCUT2D eigenvalue weighted by molar-refractivity contribution is -0.147. The van der Waals surface area contributed by atoms with Crippen LogP contribution in [0.5, 0.6) is 0 Å². The molecule has 22 heavy (non-hydrogen) atoms. The molecule has 0 saturated carbocycles. The third kappa shape index (κ3) is 3.71. The molecular formula is C16H20ClNO4. The van der Waals surface area contributed by atoms with Crippen LogP contribution in [0.3, 0.4) is 0 Å². The van der Waals surface area contributed by atoms with E-state index >= 15 is 0 Å². The average molecular weight is 326 g/mol. The maximum atomic E-state index is 12.3. The van der Waals surface area contributed by atoms with E-state index in [0.29, 0.717) is 24.6 Å². The van der Waals surface area contributed by atoms with E-state index in [2.05, 4.69) is 0 Å². The highest BCUT2D eigenvalue weighted by Crippen LogP contribution is 2.27. The van der Waals surface area contributed by atoms with Crippen LogP contribution < -0.4 is 0 Å². The third-order valence-corrected chi connectivity index (χ3v) is 3.78. The standard InChI is InChI=1S/C16H20ClNO4/c1-10(2)9-22-16(20)18-8-11-4-5-13(17)6-12(11)7-14(18)15(19)21-3/h4-6,10,14H,7-9H2,1-3H3. The van der Waals surface area contributed by atoms with Gasteiger partial charge in [0.25, 0.3) is 0 Å². The van der Waals surface area contributed by atoms with Crippen LogP contribution in [0, 0.1) is 5.92 Å². The molecule has 6 heteroatoms. The number of benzene rings is 1. The van der Waals surface area contributed by atoms with Crippen molar-refractivity contribution in [3.63, 3.8) is 0 Å². The Hall–Kier alpha value is -1.75. The van der Waals surface area contributed by atoms with Crippen LogP contribution in [-0.2, 0) is 27.2 Å². The number of methoxy groups -OCH3 is 1. The lowest BCUT2D eigenvalue weighted by atomic mass is 9.94. The highest BCUT2D eigenvalue weighted by Gasteiger charge is 2.36. The number of nitrogens with zero attached hydrogens (tertiary/aromatic N) is 1. The molecule has 1 heterocycles. The van der Waals surface area contributed by atoms with Crippen molar-refractivity contribution in [2.24, 2.45) is 5.92 Å². The minimum absolute atomic E-state index is 0.233. The summed E-state index contributed by atoms with van der Waals surface area (Å²) in [7, 11) is 1.31. The maximum Gasteiger partial charge on any atom is 0.410 e. The lowest BCUT2D eigenvalue weighted by Gasteiger charge is -2.34. The highest BCUT2D eigenvalue weighted by molar-refractivity contribution is 6.30. The lowest BCUT2D eigenvalue weighted by Crippen LogP contribution is -2.49. The maximum absolute atomic E-state index is 12.3. The van der Waals surface area contributed by atoms with Gasteiger partial charge in [-0.05, 0) is 29.2 Å². The summed E-state index contributed by atoms with van der Waals surface area (Å²) >= 11 is 6.00. The molecule has 0 aliphatic carbocycles. The molecule has 1 aromatic carbocycles. The third-order valence-electron chi connectivity index (χ3n) is 3.55. The van der Waals surface area contributed by atoms with Crippen molar-refractivity contribution >= 4 is 23.7 Å². The first kappa shape index (κ1) is 16.6. The minimum Gasteiger partial charge on any atom is -0.467 e. The van der Waals surface area contributed by atoms with Crippen LogP contribution in [0.4, 0.5) is 4.79 Å². The fraction of sp³-hybridized carbons (Fsp3) is 0.500. The second-order valence-electron chi connectivity index (χ2n) is 5.75. The van der Waals surface area contributed by atoms with E-state index in [1.807, 2.05) is 26.0 Å². The number of hydrogen-bond acceptors (Lipinski definition) is 4. The summed E-state index contributed by atoms with van der Waals surface area (Å²) in [5.41, 5.74) is 1.92. The largest absolute Gasteiger partial charge is 0.467 e. The SMILES string of the molecule is COC(=O)C1Cc2cc(Cl)ccc2CN1C(=O)OCC(C)C. The summed E-state index contributed by atoms with van der Waals surface area (Å²) in [6.07, 6.45) is -0.121. The Labute approximate surface area is 135 Å². The Morgan fingerprint density at radius 3 is 2.73 bits per heavy atom. The molecule has 1 aliphatic rings. The number of amides is 1. The highest BCUT2D eigenvalue weighted by atomic mass is 35.5. The van der Waals surface area contributed by atoms with E-state index < -0.39 is 18.1 Å². The predicted octanol–water partition coefficient (Wildman–Crippen LogP) is 3.03. The monoisotopic (exact) mass is 325 g/mol. The van der Waals surface area contributed by atoms with Crippen molar-refractivity contribution in [2.45, 2.75) is 32.9 Å². The van der Waals surface area contributed by atoms with Gasteiger partial charge in [-0.2, -0.15) is 0 Å². The summed E-state index contributed by atoms with van der Waals surface area (Å²) in [6, 6.07) is 4.78. The minimum atomic E-state index is -0.685. The van der Waals surface area contributed by atoms with Gasteiger partial charge in [0.15, 0.2) is 0 Å². The topological polar surface area (TPSA) is 55.8 Å². The van der Waals surface area contributed by atoms with Gasteiger partial charge in [0, 0.05) is 11.4 Å². The van der Waals surface area contributed by atoms with E-state index in [0.717, 1.165) is 11.1 Å². The van der Waals surface area contributed by atoms with Gasteiger partial charge in [0.1, 0.15) is 6.04 Å². The number of hydrogen-bond donors (Lipinski definition) is 0. The Bertz CT molecular complexity index is 573. The van der Waals surface area contributed by atoms with Gasteiger partial charge in [0.2, 0.25) is 0 Å². The molecular weight excluding hydrogens is 306 g/mol. The number of halogens is 1. The van der Waals surface area contributed by atoms with Crippen LogP contribution in [0.25, 0.3) is 0 Å². The number of fused-ring (bicyclic) bond motifs is 1. The summed E-state index contributed by atoms with van der Waals surface area (Å²) in [4.78, 5) is 25.7. The first-order chi connectivity index (χ1) is 10.4. The van der Waals surface area contributed by atoms with Crippen molar-refractivity contribution in [1.82, 2.24) is 4.90 Å². The number of carbonyl (C=O) groups is 2. The molecule has 0 spiro atoms. The Kier molecular flexibility index (Phi) is 5.29. The normalized spacial score (nSPS) is 17.1. The molecule has 0 saturated heterocycles. The number of rotatable bonds is 3. The Morgan fingerprint density at radius 2 is 2.09 bits per heavy atom. The molecule has 1 unspecified atom stereocenters. The van der Waals surface area contributed by atoms with E-state index in [4.69, 9.17) is 21.1 Å². The molecule has 120 valence electrons. The Balaban J connectivity index is 2.24. The first-order valence-corrected chi connectivity index (χ1v) is 7.58. The molecule has 0 fully saturated rings. The second-order valence-corrected chi connectivity index (χ2v) is 6.19. The van der Waals surface area contributed by atoms with Crippen molar-refractivity contribution in [2.75, 3.05) is 13.7 Å². The van der Waals surface area contributed by atoms with Gasteiger partial charge in [0.05, 0.1) is 20.3 Å². The van der Waals surface area contributed by atoms with E-state index in [1.165, 1.54) is 12.0 Å². The number of carbonyl (C=O) groups excluding carboxylic acids is 2. The zero-order chi connectivity index (χ0) is 16.3. The molecule has 5 nitrogen and oxygen atoms in total. The van der Waals surface area contributed by atoms with Crippen LogP contribution in [0.1, 0.15) is 25.0 Å². The van der Waals surface area contributed by atoms with Gasteiger partial charge >= 0.3 is 12.1 Å². The second kappa shape index (κ2) is 7.01. The summed E-state index contributed by atoms with van der Waals surface area (Å²) < 4.78 is 10.1. The van der Waals surface area contributed by atoms with Crippen molar-refractivity contribution in [1.29, 1.82) is 0 Å². The average Bonchev–Trinajstić information content (AvgIpc) is 2.50. The number of esters is 1. The summed E-state index contributed by atoms with van der Waals surface area (Å²) in [6.45, 7) is 4.54. The zero-order valence-corrected chi connectivity index (χ0v) is 13.7. The van der Waals surface area contributed by atoms with Crippen LogP contribution in [0.2, 0.25) is 5.02 Å². The molecule has 1 aliphatic heterocycles. The van der Waals surface area contributed by atoms with E-state index in [-0.39, 0.29) is 5.92 Å². The molecule has 0 N–H and O–H groups in total. The number of ether oxygens (including phenoxy) is 2. The van der Waals surface area contributed by atoms with Crippen molar-refractivity contribution in [3.8, 4) is 0 Å². The van der Waals surface area contributed by atoms with Crippen molar-refractivity contribution in [3.05, 3.63) is 34.3 Å². The fourth-order valence-corrected chi connectivity index (χ4v) is 2.60. The molecule has 2 rings (SSSR count). The fourth-order valence-electron chi connectivity index (χ4n) is 2.41. The molecule has 0 aromatic heterocycles. The van der Waals surface area contributed by atoms with Gasteiger partial charge in [-0.15, -0.1) is 0 Å². The molecule has 0 bridgehead atoms. The van der Waals surface area contributed by atoms with Crippen LogP contribution in [-0.4, -0.2) is 36.7 Å². The predicted molar refractivity (Wildman–Crippen MR) is 82.7 cm³/mol. The Morgan fingerprint density at radius 1 is 1.36 bits per heavy atom. The van der Waals surface area contributed by atoms with Gasteiger partial charge in [-0.3, -0.25) is 4.90 Å².